The highest BCUT2D eigenvalue weighted by molar-refractivity contribution is 7.99. The van der Waals surface area contributed by atoms with Crippen LogP contribution in [0.25, 0.3) is 0 Å². The van der Waals surface area contributed by atoms with E-state index < -0.39 is 21.1 Å². The van der Waals surface area contributed by atoms with Crippen molar-refractivity contribution in [3.8, 4) is 0 Å². The molecule has 29 heavy (non-hydrogen) atoms. The van der Waals surface area contributed by atoms with Crippen LogP contribution in [0, 0.1) is 10.1 Å². The Morgan fingerprint density at radius 2 is 1.79 bits per heavy atom. The maximum atomic E-state index is 12.9. The molecular formula is C19H23N3O5S2. The number of thioether (sulfide) groups is 1. The Kier molecular flexibility index (Phi) is 6.91. The van der Waals surface area contributed by atoms with Crippen molar-refractivity contribution in [3.05, 3.63) is 64.2 Å². The van der Waals surface area contributed by atoms with Gasteiger partial charge < -0.3 is 10.0 Å². The monoisotopic (exact) mass is 437 g/mol. The van der Waals surface area contributed by atoms with Crippen LogP contribution in [0.1, 0.15) is 11.7 Å². The molecule has 1 heterocycles. The van der Waals surface area contributed by atoms with E-state index in [2.05, 4.69) is 0 Å². The second kappa shape index (κ2) is 9.23. The summed E-state index contributed by atoms with van der Waals surface area (Å²) in [6.45, 7) is 1.94. The van der Waals surface area contributed by atoms with Crippen molar-refractivity contribution in [2.45, 2.75) is 15.9 Å². The van der Waals surface area contributed by atoms with Crippen molar-refractivity contribution in [3.63, 3.8) is 0 Å². The van der Waals surface area contributed by atoms with E-state index in [1.54, 1.807) is 12.1 Å². The molecule has 1 N–H and O–H groups in total. The zero-order valence-corrected chi connectivity index (χ0v) is 17.6. The molecule has 1 aliphatic heterocycles. The van der Waals surface area contributed by atoms with Crippen LogP contribution < -0.4 is 0 Å². The first-order valence-corrected chi connectivity index (χ1v) is 11.5. The predicted molar refractivity (Wildman–Crippen MR) is 111 cm³/mol. The molecule has 0 radical (unpaired) electrons. The molecule has 1 fully saturated rings. The highest BCUT2D eigenvalue weighted by Gasteiger charge is 2.29. The van der Waals surface area contributed by atoms with Gasteiger partial charge in [-0.1, -0.05) is 30.3 Å². The first-order valence-electron chi connectivity index (χ1n) is 9.12. The Balaban J connectivity index is 1.79. The van der Waals surface area contributed by atoms with E-state index in [0.29, 0.717) is 31.1 Å². The second-order valence-corrected chi connectivity index (χ2v) is 9.83. The molecular weight excluding hydrogens is 414 g/mol. The molecule has 1 unspecified atom stereocenters. The summed E-state index contributed by atoms with van der Waals surface area (Å²) in [5.74, 6) is 0.218. The topological polar surface area (TPSA) is 104 Å². The normalized spacial score (nSPS) is 17.2. The number of aliphatic hydroxyl groups excluding tert-OH is 1. The number of sulfonamides is 1. The minimum absolute atomic E-state index is 0.0817. The van der Waals surface area contributed by atoms with Gasteiger partial charge in [0.25, 0.3) is 5.69 Å². The summed E-state index contributed by atoms with van der Waals surface area (Å²) in [6.07, 6.45) is -0.783. The summed E-state index contributed by atoms with van der Waals surface area (Å²) in [7, 11) is -1.87. The van der Waals surface area contributed by atoms with Gasteiger partial charge in [-0.25, -0.2) is 8.42 Å². The molecule has 2 aromatic rings. The SMILES string of the molecule is CN1CCN(S(=O)(=O)c2ccc(SCC(O)c3ccccc3)c([N+](=O)[O-])c2)CC1. The molecule has 1 aliphatic rings. The van der Waals surface area contributed by atoms with Crippen molar-refractivity contribution < 1.29 is 18.4 Å². The number of rotatable bonds is 7. The number of nitro groups is 1. The van der Waals surface area contributed by atoms with Gasteiger partial charge in [-0.2, -0.15) is 4.31 Å². The summed E-state index contributed by atoms with van der Waals surface area (Å²) >= 11 is 1.13. The van der Waals surface area contributed by atoms with E-state index in [9.17, 15) is 23.6 Å². The van der Waals surface area contributed by atoms with Crippen LogP contribution in [0.5, 0.6) is 0 Å². The highest BCUT2D eigenvalue weighted by atomic mass is 32.2. The third-order valence-corrected chi connectivity index (χ3v) is 7.84. The van der Waals surface area contributed by atoms with Crippen LogP contribution in [-0.4, -0.2) is 66.6 Å². The van der Waals surface area contributed by atoms with E-state index in [4.69, 9.17) is 0 Å². The van der Waals surface area contributed by atoms with Gasteiger partial charge in [0.15, 0.2) is 0 Å². The van der Waals surface area contributed by atoms with Gasteiger partial charge in [0, 0.05) is 38.0 Å². The maximum absolute atomic E-state index is 12.9. The van der Waals surface area contributed by atoms with E-state index in [1.807, 2.05) is 30.1 Å². The minimum atomic E-state index is -3.79. The molecule has 10 heteroatoms. The molecule has 0 amide bonds. The lowest BCUT2D eigenvalue weighted by molar-refractivity contribution is -0.388. The number of piperazine rings is 1. The van der Waals surface area contributed by atoms with Gasteiger partial charge in [0.1, 0.15) is 0 Å². The maximum Gasteiger partial charge on any atom is 0.284 e. The number of hydrogen-bond donors (Lipinski definition) is 1. The molecule has 8 nitrogen and oxygen atoms in total. The third kappa shape index (κ3) is 5.14. The molecule has 3 rings (SSSR count). The van der Waals surface area contributed by atoms with Crippen molar-refractivity contribution in [2.75, 3.05) is 39.0 Å². The molecule has 0 bridgehead atoms. The summed E-state index contributed by atoms with van der Waals surface area (Å²) in [5.41, 5.74) is 0.447. The van der Waals surface area contributed by atoms with E-state index in [1.165, 1.54) is 16.4 Å². The smallest absolute Gasteiger partial charge is 0.284 e. The zero-order chi connectivity index (χ0) is 21.0. The van der Waals surface area contributed by atoms with E-state index >= 15 is 0 Å². The van der Waals surface area contributed by atoms with E-state index in [0.717, 1.165) is 23.4 Å². The van der Waals surface area contributed by atoms with Crippen molar-refractivity contribution in [1.82, 2.24) is 9.21 Å². The fraction of sp³-hybridized carbons (Fsp3) is 0.368. The molecule has 1 saturated heterocycles. The predicted octanol–water partition coefficient (Wildman–Crippen LogP) is 2.36. The standard InChI is InChI=1S/C19H23N3O5S2/c1-20-9-11-21(12-10-20)29(26,27)16-7-8-19(17(13-16)22(24)25)28-14-18(23)15-5-3-2-4-6-15/h2-8,13,18,23H,9-12,14H2,1H3. The Hall–Kier alpha value is -1.98. The Morgan fingerprint density at radius 1 is 1.14 bits per heavy atom. The molecule has 0 spiro atoms. The summed E-state index contributed by atoms with van der Waals surface area (Å²) in [4.78, 5) is 13.2. The van der Waals surface area contributed by atoms with Gasteiger partial charge >= 0.3 is 0 Å². The number of aliphatic hydroxyl groups is 1. The molecule has 0 aliphatic carbocycles. The average molecular weight is 438 g/mol. The molecule has 2 aromatic carbocycles. The lowest BCUT2D eigenvalue weighted by atomic mass is 10.1. The minimum Gasteiger partial charge on any atom is -0.388 e. The van der Waals surface area contributed by atoms with Crippen LogP contribution in [0.3, 0.4) is 0 Å². The molecule has 0 saturated carbocycles. The number of benzene rings is 2. The fourth-order valence-corrected chi connectivity index (χ4v) is 5.46. The average Bonchev–Trinajstić information content (AvgIpc) is 2.72. The number of nitro benzene ring substituents is 1. The van der Waals surface area contributed by atoms with Crippen molar-refractivity contribution in [2.24, 2.45) is 0 Å². The molecule has 1 atom stereocenters. The largest absolute Gasteiger partial charge is 0.388 e. The van der Waals surface area contributed by atoms with Gasteiger partial charge in [-0.15, -0.1) is 11.8 Å². The van der Waals surface area contributed by atoms with Gasteiger partial charge in [-0.05, 0) is 24.7 Å². The highest BCUT2D eigenvalue weighted by Crippen LogP contribution is 2.34. The molecule has 0 aromatic heterocycles. The van der Waals surface area contributed by atoms with Gasteiger partial charge in [-0.3, -0.25) is 10.1 Å². The van der Waals surface area contributed by atoms with Crippen molar-refractivity contribution >= 4 is 27.5 Å². The van der Waals surface area contributed by atoms with Gasteiger partial charge in [0.05, 0.1) is 20.8 Å². The fourth-order valence-electron chi connectivity index (χ4n) is 3.04. The number of likely N-dealkylation sites (N-methyl/N-ethyl adjacent to an activating group) is 1. The van der Waals surface area contributed by atoms with Crippen LogP contribution in [-0.2, 0) is 10.0 Å². The summed E-state index contributed by atoms with van der Waals surface area (Å²) in [6, 6.07) is 13.0. The lowest BCUT2D eigenvalue weighted by Gasteiger charge is -2.31. The first-order chi connectivity index (χ1) is 13.8. The van der Waals surface area contributed by atoms with Crippen LogP contribution in [0.2, 0.25) is 0 Å². The molecule has 156 valence electrons. The second-order valence-electron chi connectivity index (χ2n) is 6.83. The Bertz CT molecular complexity index is 961. The summed E-state index contributed by atoms with van der Waals surface area (Å²) < 4.78 is 27.1. The number of hydrogen-bond acceptors (Lipinski definition) is 7. The number of nitrogens with zero attached hydrogens (tertiary/aromatic N) is 3. The van der Waals surface area contributed by atoms with Crippen LogP contribution in [0.4, 0.5) is 5.69 Å². The van der Waals surface area contributed by atoms with Crippen LogP contribution >= 0.6 is 11.8 Å². The summed E-state index contributed by atoms with van der Waals surface area (Å²) in [5, 5.41) is 21.8. The zero-order valence-electron chi connectivity index (χ0n) is 16.0. The third-order valence-electron chi connectivity index (χ3n) is 4.81. The Morgan fingerprint density at radius 3 is 2.41 bits per heavy atom. The van der Waals surface area contributed by atoms with Crippen molar-refractivity contribution in [1.29, 1.82) is 0 Å². The first kappa shape index (κ1) is 21.7. The van der Waals surface area contributed by atoms with E-state index in [-0.39, 0.29) is 16.3 Å². The quantitative estimate of drug-likeness (QED) is 0.403. The van der Waals surface area contributed by atoms with Crippen LogP contribution in [0.15, 0.2) is 58.3 Å². The lowest BCUT2D eigenvalue weighted by Crippen LogP contribution is -2.47. The Labute approximate surface area is 174 Å². The van der Waals surface area contributed by atoms with Gasteiger partial charge in [0.2, 0.25) is 10.0 Å².